The smallest absolute Gasteiger partial charge is 0.136 e. The van der Waals surface area contributed by atoms with Crippen molar-refractivity contribution in [2.45, 2.75) is 0 Å². The Labute approximate surface area is 317 Å². The topological polar surface area (TPSA) is 51.8 Å². The number of aromatic nitrogens is 3. The maximum Gasteiger partial charge on any atom is 0.136 e. The average Bonchev–Trinajstić information content (AvgIpc) is 3.64. The van der Waals surface area contributed by atoms with Gasteiger partial charge in [0.05, 0.1) is 22.2 Å². The standard InChI is InChI=1S/C51H31N3O/c1-3-10-32(11-4-1)42-16-8-18-46-48(42)44-23-21-36(30-47(44)55-46)38-27-39(29-40(28-38)43-17-7-14-34-15-9-25-52-49(34)43)41-26-37-20-19-35-22-24-45(33-12-5-2-6-13-33)54-51(35)50(37)53-31-41/h1-31H. The predicted octanol–water partition coefficient (Wildman–Crippen LogP) is 13.6. The van der Waals surface area contributed by atoms with Crippen LogP contribution in [0.15, 0.2) is 193 Å². The van der Waals surface area contributed by atoms with Crippen molar-refractivity contribution in [3.8, 4) is 55.8 Å². The van der Waals surface area contributed by atoms with E-state index in [2.05, 4.69) is 152 Å². The first kappa shape index (κ1) is 31.1. The molecule has 0 atom stereocenters. The molecule has 0 amide bonds. The molecule has 11 rings (SSSR count). The second kappa shape index (κ2) is 12.6. The lowest BCUT2D eigenvalue weighted by Crippen LogP contribution is -1.91. The monoisotopic (exact) mass is 701 g/mol. The molecule has 0 saturated carbocycles. The van der Waals surface area contributed by atoms with Gasteiger partial charge in [-0.3, -0.25) is 9.97 Å². The van der Waals surface area contributed by atoms with E-state index < -0.39 is 0 Å². The summed E-state index contributed by atoms with van der Waals surface area (Å²) in [5, 5.41) is 5.44. The molecule has 4 heteroatoms. The van der Waals surface area contributed by atoms with Gasteiger partial charge in [0.15, 0.2) is 0 Å². The van der Waals surface area contributed by atoms with E-state index in [1.165, 1.54) is 11.1 Å². The number of para-hydroxylation sites is 1. The lowest BCUT2D eigenvalue weighted by molar-refractivity contribution is 0.669. The van der Waals surface area contributed by atoms with Crippen LogP contribution in [0.4, 0.5) is 0 Å². The minimum absolute atomic E-state index is 0.858. The van der Waals surface area contributed by atoms with E-state index in [-0.39, 0.29) is 0 Å². The van der Waals surface area contributed by atoms with Gasteiger partial charge in [0, 0.05) is 56.0 Å². The summed E-state index contributed by atoms with van der Waals surface area (Å²) in [5.74, 6) is 0. The Morgan fingerprint density at radius 1 is 0.364 bits per heavy atom. The van der Waals surface area contributed by atoms with Gasteiger partial charge in [-0.1, -0.05) is 121 Å². The van der Waals surface area contributed by atoms with Gasteiger partial charge in [-0.25, -0.2) is 4.98 Å². The van der Waals surface area contributed by atoms with Gasteiger partial charge in [-0.15, -0.1) is 0 Å². The SMILES string of the molecule is c1ccc(-c2ccc3ccc4cc(-c5cc(-c6ccc7c(c6)oc6cccc(-c8ccccc8)c67)cc(-c6cccc7cccnc67)c5)cnc4c3n2)cc1. The van der Waals surface area contributed by atoms with Crippen LogP contribution >= 0.6 is 0 Å². The Morgan fingerprint density at radius 2 is 1.07 bits per heavy atom. The largest absolute Gasteiger partial charge is 0.456 e. The lowest BCUT2D eigenvalue weighted by atomic mass is 9.92. The average molecular weight is 702 g/mol. The van der Waals surface area contributed by atoms with Crippen LogP contribution in [-0.4, -0.2) is 15.0 Å². The zero-order valence-corrected chi connectivity index (χ0v) is 29.6. The molecule has 0 unspecified atom stereocenters. The fraction of sp³-hybridized carbons (Fsp3) is 0. The van der Waals surface area contributed by atoms with Crippen LogP contribution in [0.2, 0.25) is 0 Å². The minimum atomic E-state index is 0.858. The second-order valence-electron chi connectivity index (χ2n) is 14.0. The molecule has 0 N–H and O–H groups in total. The summed E-state index contributed by atoms with van der Waals surface area (Å²) in [5.41, 5.74) is 15.3. The van der Waals surface area contributed by atoms with Gasteiger partial charge in [-0.05, 0) is 88.0 Å². The van der Waals surface area contributed by atoms with Crippen molar-refractivity contribution >= 4 is 54.6 Å². The van der Waals surface area contributed by atoms with Gasteiger partial charge < -0.3 is 4.42 Å². The normalized spacial score (nSPS) is 11.6. The number of furan rings is 1. The molecule has 0 bridgehead atoms. The highest BCUT2D eigenvalue weighted by Crippen LogP contribution is 2.41. The molecule has 4 heterocycles. The predicted molar refractivity (Wildman–Crippen MR) is 227 cm³/mol. The first-order valence-corrected chi connectivity index (χ1v) is 18.5. The summed E-state index contributed by atoms with van der Waals surface area (Å²) in [6.45, 7) is 0. The fourth-order valence-electron chi connectivity index (χ4n) is 8.03. The number of nitrogens with zero attached hydrogens (tertiary/aromatic N) is 3. The number of hydrogen-bond donors (Lipinski definition) is 0. The molecule has 4 aromatic heterocycles. The summed E-state index contributed by atoms with van der Waals surface area (Å²) in [4.78, 5) is 15.0. The molecule has 0 aliphatic rings. The van der Waals surface area contributed by atoms with E-state index >= 15 is 0 Å². The molecule has 55 heavy (non-hydrogen) atoms. The third-order valence-corrected chi connectivity index (χ3v) is 10.7. The van der Waals surface area contributed by atoms with Crippen LogP contribution in [-0.2, 0) is 0 Å². The maximum absolute atomic E-state index is 6.56. The molecule has 0 saturated heterocycles. The fourth-order valence-corrected chi connectivity index (χ4v) is 8.03. The van der Waals surface area contributed by atoms with E-state index in [1.807, 2.05) is 36.7 Å². The van der Waals surface area contributed by atoms with Crippen molar-refractivity contribution < 1.29 is 4.42 Å². The molecule has 4 nitrogen and oxygen atoms in total. The van der Waals surface area contributed by atoms with Crippen LogP contribution in [0.25, 0.3) is 110 Å². The van der Waals surface area contributed by atoms with Crippen LogP contribution in [0.3, 0.4) is 0 Å². The quantitative estimate of drug-likeness (QED) is 0.168. The Hall–Kier alpha value is -7.43. The van der Waals surface area contributed by atoms with E-state index in [0.29, 0.717) is 0 Å². The van der Waals surface area contributed by atoms with Gasteiger partial charge in [0.25, 0.3) is 0 Å². The van der Waals surface area contributed by atoms with Crippen LogP contribution in [0, 0.1) is 0 Å². The van der Waals surface area contributed by atoms with Crippen LogP contribution in [0.5, 0.6) is 0 Å². The first-order valence-electron chi connectivity index (χ1n) is 18.5. The highest BCUT2D eigenvalue weighted by molar-refractivity contribution is 6.13. The van der Waals surface area contributed by atoms with Crippen molar-refractivity contribution in [1.29, 1.82) is 0 Å². The van der Waals surface area contributed by atoms with Crippen molar-refractivity contribution in [3.05, 3.63) is 188 Å². The van der Waals surface area contributed by atoms with Gasteiger partial charge in [0.1, 0.15) is 11.2 Å². The third kappa shape index (κ3) is 5.34. The van der Waals surface area contributed by atoms with Crippen molar-refractivity contribution in [2.24, 2.45) is 0 Å². The minimum Gasteiger partial charge on any atom is -0.456 e. The van der Waals surface area contributed by atoms with Gasteiger partial charge >= 0.3 is 0 Å². The second-order valence-corrected chi connectivity index (χ2v) is 14.0. The zero-order chi connectivity index (χ0) is 36.3. The molecule has 0 aliphatic carbocycles. The van der Waals surface area contributed by atoms with Crippen molar-refractivity contribution in [2.75, 3.05) is 0 Å². The van der Waals surface area contributed by atoms with E-state index in [1.54, 1.807) is 0 Å². The van der Waals surface area contributed by atoms with Gasteiger partial charge in [0.2, 0.25) is 0 Å². The number of fused-ring (bicyclic) bond motifs is 7. The van der Waals surface area contributed by atoms with Crippen molar-refractivity contribution in [3.63, 3.8) is 0 Å². The molecular weight excluding hydrogens is 671 g/mol. The summed E-state index contributed by atoms with van der Waals surface area (Å²) in [6.07, 6.45) is 3.85. The van der Waals surface area contributed by atoms with Crippen LogP contribution < -0.4 is 0 Å². The number of pyridine rings is 3. The molecular formula is C51H31N3O. The lowest BCUT2D eigenvalue weighted by Gasteiger charge is -2.13. The van der Waals surface area contributed by atoms with Gasteiger partial charge in [-0.2, -0.15) is 0 Å². The first-order chi connectivity index (χ1) is 27.2. The Morgan fingerprint density at radius 3 is 1.95 bits per heavy atom. The molecule has 0 aliphatic heterocycles. The highest BCUT2D eigenvalue weighted by atomic mass is 16.3. The molecule has 0 radical (unpaired) electrons. The number of benzene rings is 7. The molecule has 256 valence electrons. The van der Waals surface area contributed by atoms with Crippen LogP contribution in [0.1, 0.15) is 0 Å². The Kier molecular flexibility index (Phi) is 7.14. The molecule has 0 fully saturated rings. The summed E-state index contributed by atoms with van der Waals surface area (Å²) in [7, 11) is 0. The maximum atomic E-state index is 6.56. The number of hydrogen-bond acceptors (Lipinski definition) is 4. The van der Waals surface area contributed by atoms with E-state index in [9.17, 15) is 0 Å². The molecule has 7 aromatic carbocycles. The van der Waals surface area contributed by atoms with Crippen molar-refractivity contribution in [1.82, 2.24) is 15.0 Å². The summed E-state index contributed by atoms with van der Waals surface area (Å²) in [6, 6.07) is 61.7. The Bertz CT molecular complexity index is 3250. The van der Waals surface area contributed by atoms with E-state index in [4.69, 9.17) is 19.4 Å². The third-order valence-electron chi connectivity index (χ3n) is 10.7. The zero-order valence-electron chi connectivity index (χ0n) is 29.6. The summed E-state index contributed by atoms with van der Waals surface area (Å²) < 4.78 is 6.56. The summed E-state index contributed by atoms with van der Waals surface area (Å²) >= 11 is 0. The van der Waals surface area contributed by atoms with E-state index in [0.717, 1.165) is 99.3 Å². The Balaban J connectivity index is 1.09. The number of rotatable bonds is 5. The molecule has 11 aromatic rings. The molecule has 0 spiro atoms. The highest BCUT2D eigenvalue weighted by Gasteiger charge is 2.16.